The lowest BCUT2D eigenvalue weighted by Gasteiger charge is -2.25. The van der Waals surface area contributed by atoms with Crippen LogP contribution in [0.1, 0.15) is 28.5 Å². The maximum Gasteiger partial charge on any atom is 0.240 e. The number of methoxy groups -OCH3 is 1. The number of carbonyl (C=O) groups excluding carboxylic acids is 1. The highest BCUT2D eigenvalue weighted by Gasteiger charge is 2.33. The van der Waals surface area contributed by atoms with Gasteiger partial charge in [-0.3, -0.25) is 4.79 Å². The summed E-state index contributed by atoms with van der Waals surface area (Å²) in [6.07, 6.45) is 1.29. The van der Waals surface area contributed by atoms with Crippen LogP contribution in [-0.4, -0.2) is 34.5 Å². The highest BCUT2D eigenvalue weighted by molar-refractivity contribution is 7.89. The van der Waals surface area contributed by atoms with Crippen molar-refractivity contribution in [2.45, 2.75) is 30.3 Å². The van der Waals surface area contributed by atoms with E-state index in [0.29, 0.717) is 30.1 Å². The van der Waals surface area contributed by atoms with Gasteiger partial charge in [0.2, 0.25) is 15.9 Å². The fourth-order valence-electron chi connectivity index (χ4n) is 3.65. The third-order valence-corrected chi connectivity index (χ3v) is 7.72. The summed E-state index contributed by atoms with van der Waals surface area (Å²) in [6.45, 7) is 0.746. The number of carbonyl (C=O) groups is 1. The molecule has 9 heteroatoms. The summed E-state index contributed by atoms with van der Waals surface area (Å²) in [7, 11) is -2.15. The van der Waals surface area contributed by atoms with Gasteiger partial charge in [-0.15, -0.1) is 11.3 Å². The van der Waals surface area contributed by atoms with Crippen LogP contribution < -0.4 is 9.62 Å². The van der Waals surface area contributed by atoms with Gasteiger partial charge in [0.1, 0.15) is 6.10 Å². The number of nitrogens with one attached hydrogen (secondary N) is 1. The average Bonchev–Trinajstić information content (AvgIpc) is 3.26. The van der Waals surface area contributed by atoms with Crippen molar-refractivity contribution in [1.29, 1.82) is 0 Å². The first kappa shape index (κ1) is 18.9. The van der Waals surface area contributed by atoms with Gasteiger partial charge in [0.05, 0.1) is 14.9 Å². The minimum Gasteiger partial charge on any atom is -0.375 e. The van der Waals surface area contributed by atoms with Crippen LogP contribution in [0.2, 0.25) is 4.34 Å². The molecule has 0 spiro atoms. The predicted octanol–water partition coefficient (Wildman–Crippen LogP) is 2.90. The van der Waals surface area contributed by atoms with Gasteiger partial charge in [0, 0.05) is 31.5 Å². The van der Waals surface area contributed by atoms with Crippen molar-refractivity contribution < 1.29 is 17.9 Å². The normalized spacial score (nSPS) is 17.3. The number of nitrogens with zero attached hydrogens (tertiary/aromatic N) is 1. The van der Waals surface area contributed by atoms with Crippen LogP contribution in [0, 0.1) is 0 Å². The van der Waals surface area contributed by atoms with Gasteiger partial charge in [-0.25, -0.2) is 13.1 Å². The van der Waals surface area contributed by atoms with E-state index in [1.165, 1.54) is 18.4 Å². The van der Waals surface area contributed by atoms with Gasteiger partial charge < -0.3 is 9.64 Å². The number of hydrogen-bond acceptors (Lipinski definition) is 5. The SMILES string of the molecule is COC(CNS(=O)(=O)c1cc2c3c(c1)CCN3C(=O)CC2)c1ccc(Cl)s1. The molecule has 3 heterocycles. The Hall–Kier alpha value is -1.45. The molecule has 144 valence electrons. The Morgan fingerprint density at radius 2 is 2.00 bits per heavy atom. The van der Waals surface area contributed by atoms with Gasteiger partial charge in [-0.05, 0) is 48.2 Å². The number of hydrogen-bond donors (Lipinski definition) is 1. The van der Waals surface area contributed by atoms with E-state index < -0.39 is 16.1 Å². The number of anilines is 1. The summed E-state index contributed by atoms with van der Waals surface area (Å²) in [5.41, 5.74) is 2.76. The van der Waals surface area contributed by atoms with Crippen molar-refractivity contribution in [2.24, 2.45) is 0 Å². The third kappa shape index (κ3) is 3.52. The number of sulfonamides is 1. The molecule has 1 aromatic carbocycles. The van der Waals surface area contributed by atoms with Crippen molar-refractivity contribution in [3.8, 4) is 0 Å². The molecule has 0 radical (unpaired) electrons. The molecule has 0 saturated carbocycles. The lowest BCUT2D eigenvalue weighted by Crippen LogP contribution is -2.33. The number of aryl methyl sites for hydroxylation is 1. The van der Waals surface area contributed by atoms with Crippen LogP contribution in [0.4, 0.5) is 5.69 Å². The van der Waals surface area contributed by atoms with Crippen LogP contribution in [0.15, 0.2) is 29.2 Å². The minimum atomic E-state index is -3.69. The molecule has 1 N–H and O–H groups in total. The van der Waals surface area contributed by atoms with E-state index in [1.54, 1.807) is 23.1 Å². The lowest BCUT2D eigenvalue weighted by molar-refractivity contribution is -0.118. The number of rotatable bonds is 6. The molecule has 0 fully saturated rings. The second-order valence-electron chi connectivity index (χ2n) is 6.60. The second-order valence-corrected chi connectivity index (χ2v) is 10.1. The second kappa shape index (κ2) is 7.18. The monoisotopic (exact) mass is 426 g/mol. The summed E-state index contributed by atoms with van der Waals surface area (Å²) < 4.78 is 34.4. The minimum absolute atomic E-state index is 0.118. The number of halogens is 1. The van der Waals surface area contributed by atoms with Crippen LogP contribution >= 0.6 is 22.9 Å². The first-order valence-corrected chi connectivity index (χ1v) is 11.3. The van der Waals surface area contributed by atoms with Crippen LogP contribution in [0.3, 0.4) is 0 Å². The molecular formula is C18H19ClN2O4S2. The van der Waals surface area contributed by atoms with Gasteiger partial charge in [0.15, 0.2) is 0 Å². The van der Waals surface area contributed by atoms with Crippen LogP contribution in [0.5, 0.6) is 0 Å². The molecule has 1 atom stereocenters. The number of amides is 1. The predicted molar refractivity (Wildman–Crippen MR) is 105 cm³/mol. The molecule has 0 bridgehead atoms. The Balaban J connectivity index is 1.57. The summed E-state index contributed by atoms with van der Waals surface area (Å²) in [6, 6.07) is 6.97. The standard InChI is InChI=1S/C18H19ClN2O4S2/c1-25-14(15-3-4-16(19)26-15)10-20-27(23,24)13-8-11-2-5-17(22)21-7-6-12(9-13)18(11)21/h3-4,8-9,14,20H,2,5-7,10H2,1H3. The first-order chi connectivity index (χ1) is 12.9. The molecular weight excluding hydrogens is 408 g/mol. The summed E-state index contributed by atoms with van der Waals surface area (Å²) in [5.74, 6) is 0.118. The van der Waals surface area contributed by atoms with E-state index in [1.807, 2.05) is 6.07 Å². The molecule has 2 aliphatic rings. The van der Waals surface area contributed by atoms with E-state index in [-0.39, 0.29) is 17.3 Å². The van der Waals surface area contributed by atoms with Gasteiger partial charge in [0.25, 0.3) is 0 Å². The summed E-state index contributed by atoms with van der Waals surface area (Å²) in [5, 5.41) is 0. The van der Waals surface area contributed by atoms with E-state index in [0.717, 1.165) is 21.7 Å². The molecule has 4 rings (SSSR count). The number of thiophene rings is 1. The largest absolute Gasteiger partial charge is 0.375 e. The Morgan fingerprint density at radius 1 is 1.26 bits per heavy atom. The highest BCUT2D eigenvalue weighted by Crippen LogP contribution is 2.38. The highest BCUT2D eigenvalue weighted by atomic mass is 35.5. The Kier molecular flexibility index (Phi) is 5.02. The van der Waals surface area contributed by atoms with Gasteiger partial charge in [-0.1, -0.05) is 11.6 Å². The zero-order valence-electron chi connectivity index (χ0n) is 14.7. The maximum atomic E-state index is 12.9. The van der Waals surface area contributed by atoms with Gasteiger partial charge in [-0.2, -0.15) is 0 Å². The summed E-state index contributed by atoms with van der Waals surface area (Å²) in [4.78, 5) is 14.9. The topological polar surface area (TPSA) is 75.7 Å². The van der Waals surface area contributed by atoms with Crippen LogP contribution in [0.25, 0.3) is 0 Å². The maximum absolute atomic E-state index is 12.9. The molecule has 1 amide bonds. The Labute approximate surface area is 167 Å². The Bertz CT molecular complexity index is 1000. The van der Waals surface area contributed by atoms with Crippen LogP contribution in [-0.2, 0) is 32.4 Å². The molecule has 0 aliphatic carbocycles. The number of benzene rings is 1. The summed E-state index contributed by atoms with van der Waals surface area (Å²) >= 11 is 7.32. The fourth-order valence-corrected chi connectivity index (χ4v) is 5.92. The van der Waals surface area contributed by atoms with E-state index in [9.17, 15) is 13.2 Å². The molecule has 27 heavy (non-hydrogen) atoms. The zero-order valence-corrected chi connectivity index (χ0v) is 17.1. The first-order valence-electron chi connectivity index (χ1n) is 8.63. The van der Waals surface area contributed by atoms with Gasteiger partial charge >= 0.3 is 0 Å². The molecule has 1 aromatic heterocycles. The molecule has 2 aliphatic heterocycles. The molecule has 2 aromatic rings. The molecule has 6 nitrogen and oxygen atoms in total. The van der Waals surface area contributed by atoms with E-state index in [4.69, 9.17) is 16.3 Å². The fraction of sp³-hybridized carbons (Fsp3) is 0.389. The lowest BCUT2D eigenvalue weighted by atomic mass is 10.00. The van der Waals surface area contributed by atoms with Crippen molar-refractivity contribution in [3.05, 3.63) is 44.6 Å². The molecule has 0 saturated heterocycles. The van der Waals surface area contributed by atoms with E-state index >= 15 is 0 Å². The zero-order chi connectivity index (χ0) is 19.2. The molecule has 1 unspecified atom stereocenters. The Morgan fingerprint density at radius 3 is 2.67 bits per heavy atom. The smallest absolute Gasteiger partial charge is 0.240 e. The van der Waals surface area contributed by atoms with Crippen molar-refractivity contribution in [3.63, 3.8) is 0 Å². The quantitative estimate of drug-likeness (QED) is 0.770. The third-order valence-electron chi connectivity index (χ3n) is 4.99. The van der Waals surface area contributed by atoms with Crippen molar-refractivity contribution in [1.82, 2.24) is 4.72 Å². The van der Waals surface area contributed by atoms with E-state index in [2.05, 4.69) is 4.72 Å². The number of ether oxygens (including phenoxy) is 1. The van der Waals surface area contributed by atoms with Crippen molar-refractivity contribution >= 4 is 44.6 Å². The van der Waals surface area contributed by atoms with Crippen molar-refractivity contribution in [2.75, 3.05) is 25.1 Å². The average molecular weight is 427 g/mol.